The SMILES string of the molecule is CC.CCC(=O)N1CCc2c(c3c(-c4cnn(C)c4)cc(C)c(Cl)c3n2C)C1. The Morgan fingerprint density at radius 3 is 2.61 bits per heavy atom. The third-order valence-electron chi connectivity index (χ3n) is 5.45. The minimum Gasteiger partial charge on any atom is -0.346 e. The van der Waals surface area contributed by atoms with Gasteiger partial charge in [-0.05, 0) is 24.1 Å². The van der Waals surface area contributed by atoms with Crippen LogP contribution in [0.15, 0.2) is 18.5 Å². The van der Waals surface area contributed by atoms with E-state index in [4.69, 9.17) is 11.6 Å². The van der Waals surface area contributed by atoms with Crippen LogP contribution < -0.4 is 0 Å². The Labute approximate surface area is 171 Å². The Hall–Kier alpha value is -2.27. The zero-order chi connectivity index (χ0) is 20.6. The summed E-state index contributed by atoms with van der Waals surface area (Å²) in [7, 11) is 4.00. The molecule has 0 unspecified atom stereocenters. The van der Waals surface area contributed by atoms with E-state index in [-0.39, 0.29) is 5.91 Å². The first kappa shape index (κ1) is 20.5. The number of hydrogen-bond acceptors (Lipinski definition) is 2. The van der Waals surface area contributed by atoms with E-state index >= 15 is 0 Å². The maximum atomic E-state index is 12.3. The van der Waals surface area contributed by atoms with E-state index in [9.17, 15) is 4.79 Å². The van der Waals surface area contributed by atoms with Crippen molar-refractivity contribution in [1.82, 2.24) is 19.2 Å². The molecule has 28 heavy (non-hydrogen) atoms. The van der Waals surface area contributed by atoms with Crippen LogP contribution in [0, 0.1) is 6.92 Å². The fraction of sp³-hybridized carbons (Fsp3) is 0.455. The highest BCUT2D eigenvalue weighted by atomic mass is 35.5. The van der Waals surface area contributed by atoms with Gasteiger partial charge in [0.15, 0.2) is 0 Å². The Kier molecular flexibility index (Phi) is 5.84. The number of carbonyl (C=O) groups excluding carboxylic acids is 1. The standard InChI is InChI=1S/C20H23ClN4O.C2H6/c1-5-17(26)25-7-6-16-15(11-25)18-14(13-9-22-23(3)10-13)8-12(2)19(21)20(18)24(16)4;1-2/h8-10H,5-7,11H2,1-4H3;1-2H3. The van der Waals surface area contributed by atoms with E-state index < -0.39 is 0 Å². The van der Waals surface area contributed by atoms with Crippen LogP contribution in [-0.2, 0) is 31.9 Å². The minimum absolute atomic E-state index is 0.203. The van der Waals surface area contributed by atoms with E-state index in [2.05, 4.69) is 22.8 Å². The molecule has 0 aliphatic carbocycles. The molecule has 1 aromatic carbocycles. The van der Waals surface area contributed by atoms with Gasteiger partial charge in [0.05, 0.1) is 16.7 Å². The lowest BCUT2D eigenvalue weighted by Crippen LogP contribution is -2.35. The van der Waals surface area contributed by atoms with Crippen molar-refractivity contribution in [3.8, 4) is 11.1 Å². The Morgan fingerprint density at radius 1 is 1.29 bits per heavy atom. The molecule has 3 aromatic rings. The molecule has 0 N–H and O–H groups in total. The molecule has 1 aliphatic rings. The molecule has 0 fully saturated rings. The summed E-state index contributed by atoms with van der Waals surface area (Å²) in [6.45, 7) is 9.37. The highest BCUT2D eigenvalue weighted by Crippen LogP contribution is 2.41. The van der Waals surface area contributed by atoms with E-state index in [1.165, 1.54) is 11.3 Å². The summed E-state index contributed by atoms with van der Waals surface area (Å²) >= 11 is 6.72. The summed E-state index contributed by atoms with van der Waals surface area (Å²) in [6.07, 6.45) is 5.31. The van der Waals surface area contributed by atoms with Crippen LogP contribution in [0.1, 0.15) is 44.0 Å². The average Bonchev–Trinajstić information content (AvgIpc) is 3.27. The first-order chi connectivity index (χ1) is 13.4. The molecule has 6 heteroatoms. The van der Waals surface area contributed by atoms with Crippen LogP contribution in [-0.4, -0.2) is 31.7 Å². The van der Waals surface area contributed by atoms with Crippen molar-refractivity contribution < 1.29 is 4.79 Å². The quantitative estimate of drug-likeness (QED) is 0.616. The molecule has 0 spiro atoms. The summed E-state index contributed by atoms with van der Waals surface area (Å²) in [5.41, 5.74) is 6.81. The van der Waals surface area contributed by atoms with Gasteiger partial charge in [-0.15, -0.1) is 0 Å². The molecule has 4 rings (SSSR count). The Bertz CT molecular complexity index is 1030. The third kappa shape index (κ3) is 3.22. The van der Waals surface area contributed by atoms with Crippen molar-refractivity contribution in [3.05, 3.63) is 40.3 Å². The molecule has 1 amide bonds. The first-order valence-electron chi connectivity index (χ1n) is 9.98. The molecule has 0 saturated carbocycles. The second kappa shape index (κ2) is 8.00. The zero-order valence-corrected chi connectivity index (χ0v) is 18.4. The summed E-state index contributed by atoms with van der Waals surface area (Å²) < 4.78 is 4.03. The van der Waals surface area contributed by atoms with Crippen molar-refractivity contribution in [2.45, 2.75) is 47.1 Å². The molecule has 150 valence electrons. The second-order valence-electron chi connectivity index (χ2n) is 7.08. The van der Waals surface area contributed by atoms with Crippen molar-refractivity contribution in [3.63, 3.8) is 0 Å². The van der Waals surface area contributed by atoms with Crippen LogP contribution in [0.2, 0.25) is 5.02 Å². The molecular weight excluding hydrogens is 372 g/mol. The normalized spacial score (nSPS) is 13.3. The number of halogens is 1. The molecule has 1 aliphatic heterocycles. The predicted molar refractivity (Wildman–Crippen MR) is 116 cm³/mol. The third-order valence-corrected chi connectivity index (χ3v) is 5.93. The number of rotatable bonds is 2. The molecular formula is C22H29ClN4O. The number of benzene rings is 1. The molecule has 5 nitrogen and oxygen atoms in total. The van der Waals surface area contributed by atoms with Gasteiger partial charge in [0.25, 0.3) is 0 Å². The maximum absolute atomic E-state index is 12.3. The van der Waals surface area contributed by atoms with Gasteiger partial charge in [0.1, 0.15) is 0 Å². The van der Waals surface area contributed by atoms with Crippen LogP contribution in [0.25, 0.3) is 22.0 Å². The molecule has 3 heterocycles. The van der Waals surface area contributed by atoms with Gasteiger partial charge in [-0.2, -0.15) is 5.10 Å². The van der Waals surface area contributed by atoms with Crippen molar-refractivity contribution in [2.24, 2.45) is 14.1 Å². The lowest BCUT2D eigenvalue weighted by Gasteiger charge is -2.28. The largest absolute Gasteiger partial charge is 0.346 e. The molecule has 0 bridgehead atoms. The Balaban J connectivity index is 0.00000109. The van der Waals surface area contributed by atoms with Gasteiger partial charge >= 0.3 is 0 Å². The van der Waals surface area contributed by atoms with Crippen LogP contribution in [0.3, 0.4) is 0 Å². The fourth-order valence-electron chi connectivity index (χ4n) is 4.10. The lowest BCUT2D eigenvalue weighted by atomic mass is 9.96. The monoisotopic (exact) mass is 400 g/mol. The van der Waals surface area contributed by atoms with Crippen molar-refractivity contribution in [1.29, 1.82) is 0 Å². The smallest absolute Gasteiger partial charge is 0.222 e. The Morgan fingerprint density at radius 2 is 2.00 bits per heavy atom. The number of amides is 1. The number of fused-ring (bicyclic) bond motifs is 3. The van der Waals surface area contributed by atoms with E-state index in [0.29, 0.717) is 13.0 Å². The topological polar surface area (TPSA) is 43.1 Å². The van der Waals surface area contributed by atoms with Gasteiger partial charge in [-0.25, -0.2) is 0 Å². The first-order valence-corrected chi connectivity index (χ1v) is 10.4. The summed E-state index contributed by atoms with van der Waals surface area (Å²) in [5, 5.41) is 6.28. The number of carbonyl (C=O) groups is 1. The average molecular weight is 401 g/mol. The fourth-order valence-corrected chi connectivity index (χ4v) is 4.38. The maximum Gasteiger partial charge on any atom is 0.222 e. The number of hydrogen-bond donors (Lipinski definition) is 0. The van der Waals surface area contributed by atoms with E-state index in [1.54, 1.807) is 0 Å². The van der Waals surface area contributed by atoms with Crippen molar-refractivity contribution in [2.75, 3.05) is 6.54 Å². The number of nitrogens with zero attached hydrogens (tertiary/aromatic N) is 4. The van der Waals surface area contributed by atoms with E-state index in [0.717, 1.165) is 45.6 Å². The van der Waals surface area contributed by atoms with Crippen LogP contribution >= 0.6 is 11.6 Å². The lowest BCUT2D eigenvalue weighted by molar-refractivity contribution is -0.131. The van der Waals surface area contributed by atoms with E-state index in [1.807, 2.05) is 56.7 Å². The number of aromatic nitrogens is 3. The molecule has 0 radical (unpaired) electrons. The number of aryl methyl sites for hydroxylation is 3. The van der Waals surface area contributed by atoms with Crippen molar-refractivity contribution >= 4 is 28.4 Å². The van der Waals surface area contributed by atoms with Crippen LogP contribution in [0.5, 0.6) is 0 Å². The summed E-state index contributed by atoms with van der Waals surface area (Å²) in [6, 6.07) is 2.14. The summed E-state index contributed by atoms with van der Waals surface area (Å²) in [5.74, 6) is 0.203. The predicted octanol–water partition coefficient (Wildman–Crippen LogP) is 4.86. The van der Waals surface area contributed by atoms with Crippen LogP contribution in [0.4, 0.5) is 0 Å². The van der Waals surface area contributed by atoms with Gasteiger partial charge in [-0.3, -0.25) is 9.48 Å². The van der Waals surface area contributed by atoms with Gasteiger partial charge in [0.2, 0.25) is 5.91 Å². The second-order valence-corrected chi connectivity index (χ2v) is 7.46. The molecule has 2 aromatic heterocycles. The van der Waals surface area contributed by atoms with Gasteiger partial charge in [-0.1, -0.05) is 32.4 Å². The minimum atomic E-state index is 0.203. The molecule has 0 saturated heterocycles. The highest BCUT2D eigenvalue weighted by molar-refractivity contribution is 6.36. The summed E-state index contributed by atoms with van der Waals surface area (Å²) in [4.78, 5) is 14.2. The zero-order valence-electron chi connectivity index (χ0n) is 17.6. The highest BCUT2D eigenvalue weighted by Gasteiger charge is 2.28. The van der Waals surface area contributed by atoms with Gasteiger partial charge < -0.3 is 9.47 Å². The molecule has 0 atom stereocenters. The van der Waals surface area contributed by atoms with Gasteiger partial charge in [0, 0.05) is 68.4 Å².